The highest BCUT2D eigenvalue weighted by atomic mass is 16.5. The van der Waals surface area contributed by atoms with Gasteiger partial charge in [-0.25, -0.2) is 10.2 Å². The van der Waals surface area contributed by atoms with Crippen molar-refractivity contribution in [2.24, 2.45) is 21.3 Å². The Balaban J connectivity index is 2.26. The Hall–Kier alpha value is -3.10. The summed E-state index contributed by atoms with van der Waals surface area (Å²) in [5, 5.41) is 11.7. The third-order valence-electron chi connectivity index (χ3n) is 2.63. The highest BCUT2D eigenvalue weighted by Crippen LogP contribution is 2.24. The summed E-state index contributed by atoms with van der Waals surface area (Å²) in [6, 6.07) is 9.20. The number of carbonyl (C=O) groups is 1. The lowest BCUT2D eigenvalue weighted by Gasteiger charge is -2.18. The second-order valence-corrected chi connectivity index (χ2v) is 3.82. The van der Waals surface area contributed by atoms with Gasteiger partial charge in [-0.3, -0.25) is 5.01 Å². The number of esters is 1. The van der Waals surface area contributed by atoms with Crippen molar-refractivity contribution in [3.8, 4) is 0 Å². The number of azide groups is 1. The van der Waals surface area contributed by atoms with Crippen molar-refractivity contribution >= 4 is 11.7 Å². The lowest BCUT2D eigenvalue weighted by atomic mass is 10.2. The Morgan fingerprint density at radius 1 is 1.48 bits per heavy atom. The van der Waals surface area contributed by atoms with E-state index in [9.17, 15) is 4.79 Å². The molecule has 108 valence electrons. The van der Waals surface area contributed by atoms with E-state index in [1.54, 1.807) is 5.01 Å². The number of hydrogen-bond acceptors (Lipinski definition) is 7. The van der Waals surface area contributed by atoms with E-state index >= 15 is 0 Å². The van der Waals surface area contributed by atoms with Crippen LogP contribution in [0.1, 0.15) is 0 Å². The number of benzene rings is 1. The minimum Gasteiger partial charge on any atom is -0.456 e. The molecule has 10 heteroatoms. The number of anilines is 1. The summed E-state index contributed by atoms with van der Waals surface area (Å²) in [4.78, 5) is 14.4. The minimum atomic E-state index is -0.657. The first-order valence-electron chi connectivity index (χ1n) is 5.88. The highest BCUT2D eigenvalue weighted by Gasteiger charge is 2.29. The summed E-state index contributed by atoms with van der Waals surface area (Å²) in [7, 11) is 0. The largest absolute Gasteiger partial charge is 0.456 e. The molecule has 0 atom stereocenters. The van der Waals surface area contributed by atoms with E-state index in [2.05, 4.69) is 25.8 Å². The second kappa shape index (κ2) is 6.89. The van der Waals surface area contributed by atoms with E-state index in [0.717, 1.165) is 5.69 Å². The molecule has 1 heterocycles. The van der Waals surface area contributed by atoms with Gasteiger partial charge in [0, 0.05) is 4.91 Å². The number of hydrazine groups is 1. The van der Waals surface area contributed by atoms with Gasteiger partial charge in [-0.15, -0.1) is 5.11 Å². The van der Waals surface area contributed by atoms with Crippen molar-refractivity contribution in [3.63, 3.8) is 0 Å². The summed E-state index contributed by atoms with van der Waals surface area (Å²) in [5.41, 5.74) is 12.1. The molecule has 2 rings (SSSR count). The molecule has 10 nitrogen and oxygen atoms in total. The van der Waals surface area contributed by atoms with Crippen LogP contribution in [0.25, 0.3) is 10.4 Å². The molecule has 1 aliphatic rings. The van der Waals surface area contributed by atoms with E-state index in [4.69, 9.17) is 16.1 Å². The third-order valence-corrected chi connectivity index (χ3v) is 2.63. The average Bonchev–Trinajstić information content (AvgIpc) is 2.92. The van der Waals surface area contributed by atoms with Crippen molar-refractivity contribution in [1.82, 2.24) is 5.43 Å². The van der Waals surface area contributed by atoms with Gasteiger partial charge in [-0.2, -0.15) is 0 Å². The summed E-state index contributed by atoms with van der Waals surface area (Å²) in [5.74, 6) is 4.66. The van der Waals surface area contributed by atoms with Crippen LogP contribution < -0.4 is 16.3 Å². The number of para-hydroxylation sites is 1. The summed E-state index contributed by atoms with van der Waals surface area (Å²) >= 11 is 0. The fraction of sp³-hybridized carbons (Fsp3) is 0.182. The average molecular weight is 288 g/mol. The van der Waals surface area contributed by atoms with Gasteiger partial charge in [0.05, 0.1) is 17.8 Å². The Bertz CT molecular complexity index is 620. The van der Waals surface area contributed by atoms with E-state index in [-0.39, 0.29) is 17.9 Å². The Morgan fingerprint density at radius 3 is 2.90 bits per heavy atom. The molecule has 3 N–H and O–H groups in total. The topological polar surface area (TPSA) is 141 Å². The van der Waals surface area contributed by atoms with Crippen LogP contribution in [0.15, 0.2) is 57.2 Å². The molecular formula is C11H12N8O2. The predicted molar refractivity (Wildman–Crippen MR) is 73.1 cm³/mol. The van der Waals surface area contributed by atoms with Crippen LogP contribution in [0.4, 0.5) is 5.69 Å². The molecule has 1 aliphatic heterocycles. The van der Waals surface area contributed by atoms with Crippen molar-refractivity contribution in [2.45, 2.75) is 0 Å². The van der Waals surface area contributed by atoms with E-state index in [1.807, 2.05) is 30.3 Å². The van der Waals surface area contributed by atoms with Crippen LogP contribution in [0.2, 0.25) is 0 Å². The zero-order valence-corrected chi connectivity index (χ0v) is 10.9. The van der Waals surface area contributed by atoms with Gasteiger partial charge < -0.3 is 10.6 Å². The second-order valence-electron chi connectivity index (χ2n) is 3.82. The Morgan fingerprint density at radius 2 is 2.24 bits per heavy atom. The smallest absolute Gasteiger partial charge is 0.339 e. The molecule has 0 saturated carbocycles. The predicted octanol–water partition coefficient (Wildman–Crippen LogP) is 1.36. The fourth-order valence-corrected chi connectivity index (χ4v) is 1.76. The molecule has 0 aliphatic carbocycles. The van der Waals surface area contributed by atoms with Crippen molar-refractivity contribution < 1.29 is 9.53 Å². The first-order chi connectivity index (χ1) is 10.3. The molecule has 0 radical (unpaired) electrons. The van der Waals surface area contributed by atoms with Gasteiger partial charge >= 0.3 is 5.97 Å². The maximum absolute atomic E-state index is 11.9. The van der Waals surface area contributed by atoms with Gasteiger partial charge in [-0.1, -0.05) is 28.5 Å². The maximum atomic E-state index is 11.9. The number of hydrogen-bond donors (Lipinski definition) is 2. The van der Waals surface area contributed by atoms with Crippen LogP contribution >= 0.6 is 0 Å². The molecule has 21 heavy (non-hydrogen) atoms. The van der Waals surface area contributed by atoms with Crippen molar-refractivity contribution in [3.05, 3.63) is 52.2 Å². The lowest BCUT2D eigenvalue weighted by molar-refractivity contribution is -0.138. The fourth-order valence-electron chi connectivity index (χ4n) is 1.76. The van der Waals surface area contributed by atoms with Gasteiger partial charge in [0.2, 0.25) is 0 Å². The van der Waals surface area contributed by atoms with Crippen LogP contribution in [-0.4, -0.2) is 19.2 Å². The van der Waals surface area contributed by atoms with Gasteiger partial charge in [0.15, 0.2) is 12.6 Å². The van der Waals surface area contributed by atoms with Gasteiger partial charge in [-0.05, 0) is 17.7 Å². The van der Waals surface area contributed by atoms with E-state index in [0.29, 0.717) is 0 Å². The minimum absolute atomic E-state index is 0.193. The third kappa shape index (κ3) is 3.26. The maximum Gasteiger partial charge on any atom is 0.339 e. The Kier molecular flexibility index (Phi) is 4.70. The first-order valence-corrected chi connectivity index (χ1v) is 5.88. The monoisotopic (exact) mass is 288 g/mol. The van der Waals surface area contributed by atoms with Crippen molar-refractivity contribution in [1.29, 1.82) is 0 Å². The normalized spacial score (nSPS) is 14.4. The number of nitrogens with one attached hydrogen (secondary N) is 1. The van der Waals surface area contributed by atoms with Crippen molar-refractivity contribution in [2.75, 3.05) is 18.3 Å². The molecule has 0 spiro atoms. The number of rotatable bonds is 5. The summed E-state index contributed by atoms with van der Waals surface area (Å²) in [6.45, 7) is -0.199. The first kappa shape index (κ1) is 14.3. The molecule has 1 aromatic rings. The summed E-state index contributed by atoms with van der Waals surface area (Å²) < 4.78 is 4.80. The lowest BCUT2D eigenvalue weighted by Crippen LogP contribution is -2.31. The number of ether oxygens (including phenoxy) is 1. The Labute approximate surface area is 119 Å². The molecular weight excluding hydrogens is 276 g/mol. The number of carbonyl (C=O) groups excluding carboxylic acids is 1. The molecule has 0 unspecified atom stereocenters. The standard InChI is InChI=1S/C11H12N8O2/c12-17-14-7-21-11(20)9-6-15-19(10(9)16-18-13)8-4-2-1-3-5-8/h1-5,15H,6-7H2,(H2,13,16). The molecule has 0 aromatic heterocycles. The zero-order valence-electron chi connectivity index (χ0n) is 10.9. The molecule has 0 bridgehead atoms. The quantitative estimate of drug-likeness (QED) is 0.210. The highest BCUT2D eigenvalue weighted by molar-refractivity contribution is 5.91. The molecule has 0 saturated heterocycles. The van der Waals surface area contributed by atoms with Crippen LogP contribution in [0, 0.1) is 0 Å². The molecule has 0 fully saturated rings. The molecule has 0 amide bonds. The van der Waals surface area contributed by atoms with E-state index in [1.165, 1.54) is 0 Å². The van der Waals surface area contributed by atoms with Gasteiger partial charge in [0.25, 0.3) is 0 Å². The van der Waals surface area contributed by atoms with Crippen LogP contribution in [0.5, 0.6) is 0 Å². The number of nitrogens with two attached hydrogens (primary N) is 1. The van der Waals surface area contributed by atoms with Gasteiger partial charge in [0.1, 0.15) is 0 Å². The zero-order chi connectivity index (χ0) is 15.1. The SMILES string of the molecule is [N-]=[N+]=NCOC(=O)C1=C(N=NN)N(c2ccccc2)NC1. The number of nitrogens with zero attached hydrogens (tertiary/aromatic N) is 6. The summed E-state index contributed by atoms with van der Waals surface area (Å²) in [6.07, 6.45) is 0. The van der Waals surface area contributed by atoms with Crippen LogP contribution in [-0.2, 0) is 9.53 Å². The van der Waals surface area contributed by atoms with E-state index < -0.39 is 12.7 Å². The molecule has 1 aromatic carbocycles. The van der Waals surface area contributed by atoms with Crippen LogP contribution in [0.3, 0.4) is 0 Å².